The molecule has 1 fully saturated rings. The van der Waals surface area contributed by atoms with Crippen molar-refractivity contribution in [2.75, 3.05) is 11.6 Å². The van der Waals surface area contributed by atoms with Gasteiger partial charge in [0.25, 0.3) is 0 Å². The molecule has 7 heteroatoms. The molecule has 0 heterocycles. The number of rotatable bonds is 4. The van der Waals surface area contributed by atoms with Crippen LogP contribution in [0.5, 0.6) is 0 Å². The largest absolute Gasteiger partial charge is 0.481 e. The second kappa shape index (κ2) is 5.85. The summed E-state index contributed by atoms with van der Waals surface area (Å²) in [5, 5.41) is 11.7. The van der Waals surface area contributed by atoms with Gasteiger partial charge in [0.2, 0.25) is 5.91 Å². The van der Waals surface area contributed by atoms with Gasteiger partial charge in [-0.1, -0.05) is 12.5 Å². The van der Waals surface area contributed by atoms with Crippen molar-refractivity contribution in [3.05, 3.63) is 24.3 Å². The highest BCUT2D eigenvalue weighted by Crippen LogP contribution is 2.33. The molecule has 0 aliphatic heterocycles. The predicted octanol–water partition coefficient (Wildman–Crippen LogP) is 1.53. The SMILES string of the molecule is CS(=O)(=O)c1cccc(NC(=O)C2CCCC2C(=O)O)c1. The third-order valence-corrected chi connectivity index (χ3v) is 4.81. The smallest absolute Gasteiger partial charge is 0.307 e. The number of benzene rings is 1. The van der Waals surface area contributed by atoms with E-state index in [-0.39, 0.29) is 10.8 Å². The fourth-order valence-corrected chi connectivity index (χ4v) is 3.28. The van der Waals surface area contributed by atoms with Crippen LogP contribution in [-0.4, -0.2) is 31.7 Å². The Kier molecular flexibility index (Phi) is 4.32. The molecule has 0 spiro atoms. The summed E-state index contributed by atoms with van der Waals surface area (Å²) in [6.45, 7) is 0. The third-order valence-electron chi connectivity index (χ3n) is 3.70. The summed E-state index contributed by atoms with van der Waals surface area (Å²) in [6, 6.07) is 5.94. The Balaban J connectivity index is 2.15. The van der Waals surface area contributed by atoms with E-state index in [0.717, 1.165) is 6.26 Å². The number of carbonyl (C=O) groups is 2. The van der Waals surface area contributed by atoms with Gasteiger partial charge in [0.1, 0.15) is 0 Å². The van der Waals surface area contributed by atoms with Crippen LogP contribution in [0.15, 0.2) is 29.2 Å². The Labute approximate surface area is 123 Å². The number of anilines is 1. The van der Waals surface area contributed by atoms with Gasteiger partial charge in [-0.05, 0) is 31.0 Å². The lowest BCUT2D eigenvalue weighted by Crippen LogP contribution is -2.30. The zero-order valence-corrected chi connectivity index (χ0v) is 12.4. The van der Waals surface area contributed by atoms with Gasteiger partial charge in [-0.3, -0.25) is 9.59 Å². The molecule has 1 saturated carbocycles. The Morgan fingerprint density at radius 1 is 1.24 bits per heavy atom. The van der Waals surface area contributed by atoms with Crippen molar-refractivity contribution in [3.8, 4) is 0 Å². The van der Waals surface area contributed by atoms with Crippen molar-refractivity contribution < 1.29 is 23.1 Å². The average Bonchev–Trinajstić information content (AvgIpc) is 2.87. The average molecular weight is 311 g/mol. The summed E-state index contributed by atoms with van der Waals surface area (Å²) in [5.74, 6) is -2.56. The molecule has 1 aliphatic rings. The maximum atomic E-state index is 12.2. The first-order valence-corrected chi connectivity index (χ1v) is 8.52. The first kappa shape index (κ1) is 15.5. The van der Waals surface area contributed by atoms with Gasteiger partial charge in [-0.2, -0.15) is 0 Å². The number of hydrogen-bond acceptors (Lipinski definition) is 4. The van der Waals surface area contributed by atoms with Crippen LogP contribution in [-0.2, 0) is 19.4 Å². The molecule has 2 atom stereocenters. The van der Waals surface area contributed by atoms with Crippen LogP contribution in [0.2, 0.25) is 0 Å². The molecule has 21 heavy (non-hydrogen) atoms. The lowest BCUT2D eigenvalue weighted by atomic mass is 9.95. The van der Waals surface area contributed by atoms with Crippen LogP contribution >= 0.6 is 0 Å². The van der Waals surface area contributed by atoms with Crippen LogP contribution in [0.3, 0.4) is 0 Å². The summed E-state index contributed by atoms with van der Waals surface area (Å²) < 4.78 is 23.0. The van der Waals surface area contributed by atoms with E-state index in [1.165, 1.54) is 18.2 Å². The van der Waals surface area contributed by atoms with E-state index in [4.69, 9.17) is 5.11 Å². The molecule has 1 aliphatic carbocycles. The van der Waals surface area contributed by atoms with Crippen LogP contribution in [0.4, 0.5) is 5.69 Å². The van der Waals surface area contributed by atoms with Crippen molar-refractivity contribution in [1.29, 1.82) is 0 Å². The fourth-order valence-electron chi connectivity index (χ4n) is 2.61. The van der Waals surface area contributed by atoms with E-state index >= 15 is 0 Å². The second-order valence-corrected chi connectivity index (χ2v) is 7.29. The molecule has 1 aromatic carbocycles. The minimum Gasteiger partial charge on any atom is -0.481 e. The number of nitrogens with one attached hydrogen (secondary N) is 1. The molecule has 2 unspecified atom stereocenters. The van der Waals surface area contributed by atoms with Crippen LogP contribution in [0.25, 0.3) is 0 Å². The maximum absolute atomic E-state index is 12.2. The third kappa shape index (κ3) is 3.60. The van der Waals surface area contributed by atoms with Crippen LogP contribution in [0.1, 0.15) is 19.3 Å². The first-order valence-electron chi connectivity index (χ1n) is 6.63. The van der Waals surface area contributed by atoms with Gasteiger partial charge in [0, 0.05) is 11.9 Å². The quantitative estimate of drug-likeness (QED) is 0.878. The molecule has 0 saturated heterocycles. The number of carboxylic acids is 1. The predicted molar refractivity (Wildman–Crippen MR) is 76.6 cm³/mol. The van der Waals surface area contributed by atoms with E-state index < -0.39 is 27.6 Å². The Morgan fingerprint density at radius 2 is 1.90 bits per heavy atom. The van der Waals surface area contributed by atoms with E-state index in [1.54, 1.807) is 6.07 Å². The maximum Gasteiger partial charge on any atom is 0.307 e. The Morgan fingerprint density at radius 3 is 2.52 bits per heavy atom. The number of carboxylic acid groups (broad SMARTS) is 1. The summed E-state index contributed by atoms with van der Waals surface area (Å²) in [7, 11) is -3.35. The van der Waals surface area contributed by atoms with Gasteiger partial charge >= 0.3 is 5.97 Å². The van der Waals surface area contributed by atoms with Gasteiger partial charge in [-0.15, -0.1) is 0 Å². The Hall–Kier alpha value is -1.89. The second-order valence-electron chi connectivity index (χ2n) is 5.27. The van der Waals surface area contributed by atoms with E-state index in [0.29, 0.717) is 24.9 Å². The molecule has 2 rings (SSSR count). The summed E-state index contributed by atoms with van der Waals surface area (Å²) in [4.78, 5) is 23.4. The molecule has 1 amide bonds. The number of hydrogen-bond donors (Lipinski definition) is 2. The molecular weight excluding hydrogens is 294 g/mol. The monoisotopic (exact) mass is 311 g/mol. The van der Waals surface area contributed by atoms with Crippen molar-refractivity contribution in [3.63, 3.8) is 0 Å². The number of amides is 1. The summed E-state index contributed by atoms with van der Waals surface area (Å²) in [5.41, 5.74) is 0.360. The highest BCUT2D eigenvalue weighted by atomic mass is 32.2. The summed E-state index contributed by atoms with van der Waals surface area (Å²) >= 11 is 0. The fraction of sp³-hybridized carbons (Fsp3) is 0.429. The zero-order valence-electron chi connectivity index (χ0n) is 11.6. The van der Waals surface area contributed by atoms with Gasteiger partial charge < -0.3 is 10.4 Å². The molecule has 0 bridgehead atoms. The first-order chi connectivity index (χ1) is 9.79. The van der Waals surface area contributed by atoms with Crippen molar-refractivity contribution in [2.45, 2.75) is 24.2 Å². The lowest BCUT2D eigenvalue weighted by Gasteiger charge is -2.15. The molecular formula is C14H17NO5S. The number of carbonyl (C=O) groups excluding carboxylic acids is 1. The number of aliphatic carboxylic acids is 1. The molecule has 2 N–H and O–H groups in total. The van der Waals surface area contributed by atoms with Gasteiger partial charge in [-0.25, -0.2) is 8.42 Å². The van der Waals surface area contributed by atoms with Crippen molar-refractivity contribution in [2.24, 2.45) is 11.8 Å². The van der Waals surface area contributed by atoms with Gasteiger partial charge in [0.05, 0.1) is 16.7 Å². The zero-order chi connectivity index (χ0) is 15.6. The molecule has 0 radical (unpaired) electrons. The Bertz CT molecular complexity index is 668. The van der Waals surface area contributed by atoms with Crippen LogP contribution < -0.4 is 5.32 Å². The normalized spacial score (nSPS) is 22.0. The molecule has 0 aromatic heterocycles. The lowest BCUT2D eigenvalue weighted by molar-refractivity contribution is -0.145. The van der Waals surface area contributed by atoms with E-state index in [2.05, 4.69) is 5.32 Å². The number of sulfone groups is 1. The topological polar surface area (TPSA) is 101 Å². The van der Waals surface area contributed by atoms with Crippen molar-refractivity contribution >= 4 is 27.4 Å². The highest BCUT2D eigenvalue weighted by molar-refractivity contribution is 7.90. The van der Waals surface area contributed by atoms with Crippen LogP contribution in [0, 0.1) is 11.8 Å². The molecule has 6 nitrogen and oxygen atoms in total. The minimum absolute atomic E-state index is 0.113. The van der Waals surface area contributed by atoms with E-state index in [9.17, 15) is 18.0 Å². The molecule has 114 valence electrons. The van der Waals surface area contributed by atoms with Gasteiger partial charge in [0.15, 0.2) is 9.84 Å². The minimum atomic E-state index is -3.35. The van der Waals surface area contributed by atoms with E-state index in [1.807, 2.05) is 0 Å². The standard InChI is InChI=1S/C14H17NO5S/c1-21(19,20)10-5-2-4-9(8-10)15-13(16)11-6-3-7-12(11)14(17)18/h2,4-5,8,11-12H,3,6-7H2,1H3,(H,15,16)(H,17,18). The molecule has 1 aromatic rings. The summed E-state index contributed by atoms with van der Waals surface area (Å²) in [6.07, 6.45) is 2.83. The highest BCUT2D eigenvalue weighted by Gasteiger charge is 2.37. The van der Waals surface area contributed by atoms with Crippen molar-refractivity contribution in [1.82, 2.24) is 0 Å².